The Bertz CT molecular complexity index is 675. The highest BCUT2D eigenvalue weighted by Crippen LogP contribution is 2.25. The van der Waals surface area contributed by atoms with Crippen molar-refractivity contribution in [2.75, 3.05) is 20.3 Å². The third-order valence-corrected chi connectivity index (χ3v) is 4.46. The fourth-order valence-corrected chi connectivity index (χ4v) is 2.85. The van der Waals surface area contributed by atoms with Crippen LogP contribution in [0.3, 0.4) is 0 Å². The Morgan fingerprint density at radius 3 is 2.46 bits per heavy atom. The van der Waals surface area contributed by atoms with E-state index in [1.165, 1.54) is 25.3 Å². The van der Waals surface area contributed by atoms with Crippen molar-refractivity contribution in [3.63, 3.8) is 0 Å². The maximum atomic E-state index is 11.3. The van der Waals surface area contributed by atoms with Crippen LogP contribution in [0.2, 0.25) is 0 Å². The Morgan fingerprint density at radius 2 is 1.82 bits per heavy atom. The van der Waals surface area contributed by atoms with Crippen molar-refractivity contribution in [3.8, 4) is 11.5 Å². The Hall–Kier alpha value is -2.36. The molecule has 1 aliphatic rings. The van der Waals surface area contributed by atoms with Crippen molar-refractivity contribution in [3.05, 3.63) is 23.8 Å². The second-order valence-electron chi connectivity index (χ2n) is 6.60. The van der Waals surface area contributed by atoms with Gasteiger partial charge in [0.05, 0.1) is 43.7 Å². The lowest BCUT2D eigenvalue weighted by molar-refractivity contribution is -0.164. The van der Waals surface area contributed by atoms with E-state index in [1.54, 1.807) is 6.92 Å². The van der Waals surface area contributed by atoms with E-state index in [1.807, 2.05) is 0 Å². The van der Waals surface area contributed by atoms with Gasteiger partial charge in [-0.1, -0.05) is 0 Å². The molecule has 28 heavy (non-hydrogen) atoms. The molecule has 1 aromatic carbocycles. The van der Waals surface area contributed by atoms with E-state index >= 15 is 0 Å². The Balaban J connectivity index is 1.89. The lowest BCUT2D eigenvalue weighted by atomic mass is 9.96. The Labute approximate surface area is 162 Å². The van der Waals surface area contributed by atoms with Gasteiger partial charge in [-0.2, -0.15) is 0 Å². The van der Waals surface area contributed by atoms with Gasteiger partial charge in [0.25, 0.3) is 0 Å². The topological polar surface area (TPSA) is 132 Å². The second-order valence-corrected chi connectivity index (χ2v) is 6.60. The average molecular weight is 398 g/mol. The summed E-state index contributed by atoms with van der Waals surface area (Å²) in [6.07, 6.45) is -0.774. The van der Waals surface area contributed by atoms with Crippen molar-refractivity contribution in [2.24, 2.45) is 0 Å². The van der Waals surface area contributed by atoms with E-state index in [4.69, 9.17) is 14.2 Å². The monoisotopic (exact) mass is 398 g/mol. The minimum atomic E-state index is -1.15. The van der Waals surface area contributed by atoms with Gasteiger partial charge in [0.15, 0.2) is 6.61 Å². The average Bonchev–Trinajstić information content (AvgIpc) is 2.66. The van der Waals surface area contributed by atoms with Crippen molar-refractivity contribution in [2.45, 2.75) is 50.6 Å². The first kappa shape index (κ1) is 21.9. The zero-order valence-corrected chi connectivity index (χ0v) is 15.9. The van der Waals surface area contributed by atoms with Crippen LogP contribution >= 0.6 is 0 Å². The number of methoxy groups -OCH3 is 1. The summed E-state index contributed by atoms with van der Waals surface area (Å²) in [4.78, 5) is 22.4. The van der Waals surface area contributed by atoms with Crippen LogP contribution in [0.15, 0.2) is 18.2 Å². The van der Waals surface area contributed by atoms with Gasteiger partial charge in [-0.25, -0.2) is 9.59 Å². The lowest BCUT2D eigenvalue weighted by Crippen LogP contribution is -2.45. The molecule has 1 aromatic rings. The largest absolute Gasteiger partial charge is 0.493 e. The normalized spacial score (nSPS) is 24.4. The third kappa shape index (κ3) is 6.36. The van der Waals surface area contributed by atoms with E-state index in [2.05, 4.69) is 4.74 Å². The molecular formula is C19H26O9. The molecule has 156 valence electrons. The van der Waals surface area contributed by atoms with Crippen LogP contribution in [0.25, 0.3) is 0 Å². The van der Waals surface area contributed by atoms with Crippen molar-refractivity contribution < 1.29 is 43.9 Å². The number of aliphatic hydroxyl groups excluding tert-OH is 2. The molecule has 0 aromatic heterocycles. The first-order valence-electron chi connectivity index (χ1n) is 9.02. The fourth-order valence-electron chi connectivity index (χ4n) is 2.85. The zero-order chi connectivity index (χ0) is 20.7. The summed E-state index contributed by atoms with van der Waals surface area (Å²) in [7, 11) is 1.22. The van der Waals surface area contributed by atoms with Crippen LogP contribution in [-0.4, -0.2) is 72.0 Å². The van der Waals surface area contributed by atoms with Gasteiger partial charge in [-0.05, 0) is 31.9 Å². The van der Waals surface area contributed by atoms with Crippen LogP contribution in [-0.2, 0) is 14.3 Å². The molecule has 0 amide bonds. The summed E-state index contributed by atoms with van der Waals surface area (Å²) in [5, 5.41) is 28.9. The smallest absolute Gasteiger partial charge is 0.343 e. The molecule has 0 saturated carbocycles. The highest BCUT2D eigenvalue weighted by atomic mass is 16.6. The van der Waals surface area contributed by atoms with Gasteiger partial charge >= 0.3 is 11.9 Å². The zero-order valence-electron chi connectivity index (χ0n) is 15.9. The summed E-state index contributed by atoms with van der Waals surface area (Å²) in [6, 6.07) is 4.13. The SMILES string of the molecule is COC(=O)COc1cc(OCCCC2OC(C)C(O)CC2O)cc(C(=O)O)c1. The number of hydrogen-bond acceptors (Lipinski definition) is 8. The molecule has 0 spiro atoms. The van der Waals surface area contributed by atoms with Crippen LogP contribution in [0.4, 0.5) is 0 Å². The van der Waals surface area contributed by atoms with Gasteiger partial charge < -0.3 is 34.3 Å². The van der Waals surface area contributed by atoms with Crippen molar-refractivity contribution in [1.82, 2.24) is 0 Å². The molecule has 1 aliphatic heterocycles. The number of carboxylic acids is 1. The molecular weight excluding hydrogens is 372 g/mol. The van der Waals surface area contributed by atoms with Crippen molar-refractivity contribution in [1.29, 1.82) is 0 Å². The first-order valence-corrected chi connectivity index (χ1v) is 9.02. The Morgan fingerprint density at radius 1 is 1.14 bits per heavy atom. The van der Waals surface area contributed by atoms with Crippen LogP contribution in [0.5, 0.6) is 11.5 Å². The summed E-state index contributed by atoms with van der Waals surface area (Å²) >= 11 is 0. The van der Waals surface area contributed by atoms with Crippen LogP contribution in [0.1, 0.15) is 36.5 Å². The third-order valence-electron chi connectivity index (χ3n) is 4.46. The minimum absolute atomic E-state index is 0.0359. The molecule has 9 nitrogen and oxygen atoms in total. The molecule has 1 heterocycles. The maximum absolute atomic E-state index is 11.3. The van der Waals surface area contributed by atoms with E-state index < -0.39 is 24.1 Å². The second kappa shape index (κ2) is 10.3. The van der Waals surface area contributed by atoms with Gasteiger partial charge in [-0.15, -0.1) is 0 Å². The van der Waals surface area contributed by atoms with E-state index in [0.29, 0.717) is 12.8 Å². The van der Waals surface area contributed by atoms with Gasteiger partial charge in [0.2, 0.25) is 0 Å². The number of carbonyl (C=O) groups excluding carboxylic acids is 1. The van der Waals surface area contributed by atoms with Crippen LogP contribution in [0, 0.1) is 0 Å². The molecule has 4 atom stereocenters. The molecule has 0 radical (unpaired) electrons. The lowest BCUT2D eigenvalue weighted by Gasteiger charge is -2.35. The number of carboxylic acid groups (broad SMARTS) is 1. The molecule has 2 rings (SSSR count). The molecule has 0 bridgehead atoms. The predicted octanol–water partition coefficient (Wildman–Crippen LogP) is 0.995. The number of aliphatic hydroxyl groups is 2. The number of hydrogen-bond donors (Lipinski definition) is 3. The number of ether oxygens (including phenoxy) is 4. The van der Waals surface area contributed by atoms with Gasteiger partial charge in [0.1, 0.15) is 11.5 Å². The molecule has 1 fully saturated rings. The van der Waals surface area contributed by atoms with E-state index in [9.17, 15) is 24.9 Å². The number of esters is 1. The summed E-state index contributed by atoms with van der Waals surface area (Å²) in [5.41, 5.74) is -0.0359. The number of carbonyl (C=O) groups is 2. The van der Waals surface area contributed by atoms with Crippen molar-refractivity contribution >= 4 is 11.9 Å². The molecule has 3 N–H and O–H groups in total. The fraction of sp³-hybridized carbons (Fsp3) is 0.579. The van der Waals surface area contributed by atoms with Crippen LogP contribution < -0.4 is 9.47 Å². The highest BCUT2D eigenvalue weighted by molar-refractivity contribution is 5.88. The van der Waals surface area contributed by atoms with Gasteiger partial charge in [0, 0.05) is 12.5 Å². The minimum Gasteiger partial charge on any atom is -0.493 e. The molecule has 4 unspecified atom stereocenters. The number of aromatic carboxylic acids is 1. The summed E-state index contributed by atoms with van der Waals surface area (Å²) in [6.45, 7) is 1.68. The number of rotatable bonds is 9. The van der Waals surface area contributed by atoms with E-state index in [0.717, 1.165) is 0 Å². The number of benzene rings is 1. The first-order chi connectivity index (χ1) is 13.3. The predicted molar refractivity (Wildman–Crippen MR) is 96.6 cm³/mol. The Kier molecular flexibility index (Phi) is 8.04. The summed E-state index contributed by atoms with van der Waals surface area (Å²) < 4.78 is 20.9. The van der Waals surface area contributed by atoms with E-state index in [-0.39, 0.29) is 48.9 Å². The molecule has 9 heteroatoms. The quantitative estimate of drug-likeness (QED) is 0.411. The standard InChI is InChI=1S/C19H26O9/c1-11-15(20)9-16(21)17(28-11)4-3-5-26-13-6-12(19(23)24)7-14(8-13)27-10-18(22)25-2/h6-8,11,15-17,20-21H,3-5,9-10H2,1-2H3,(H,23,24). The van der Waals surface area contributed by atoms with Gasteiger partial charge in [-0.3, -0.25) is 0 Å². The highest BCUT2D eigenvalue weighted by Gasteiger charge is 2.33. The maximum Gasteiger partial charge on any atom is 0.343 e. The summed E-state index contributed by atoms with van der Waals surface area (Å²) in [5.74, 6) is -1.28. The molecule has 1 saturated heterocycles. The molecule has 0 aliphatic carbocycles.